The first-order chi connectivity index (χ1) is 15.2. The highest BCUT2D eigenvalue weighted by atomic mass is 19.1. The summed E-state index contributed by atoms with van der Waals surface area (Å²) in [5.41, 5.74) is 3.03. The summed E-state index contributed by atoms with van der Waals surface area (Å²) in [6, 6.07) is 11.3. The van der Waals surface area contributed by atoms with Gasteiger partial charge in [-0.2, -0.15) is 0 Å². The molecule has 1 saturated carbocycles. The van der Waals surface area contributed by atoms with Crippen LogP contribution in [0.15, 0.2) is 42.5 Å². The number of anilines is 3. The maximum Gasteiger partial charge on any atom is 0.322 e. The quantitative estimate of drug-likeness (QED) is 0.584. The Morgan fingerprint density at radius 1 is 1.03 bits per heavy atom. The first-order valence-corrected chi connectivity index (χ1v) is 11.1. The number of nitrogens with zero attached hydrogens (tertiary/aromatic N) is 2. The van der Waals surface area contributed by atoms with Crippen LogP contribution in [0.3, 0.4) is 0 Å². The molecule has 0 aromatic heterocycles. The van der Waals surface area contributed by atoms with Gasteiger partial charge in [0.05, 0.1) is 0 Å². The van der Waals surface area contributed by atoms with E-state index in [1.807, 2.05) is 44.1 Å². The Hall–Kier alpha value is -3.09. The molecule has 0 saturated heterocycles. The normalized spacial score (nSPS) is 14.1. The van der Waals surface area contributed by atoms with E-state index < -0.39 is 5.82 Å². The minimum absolute atomic E-state index is 0.0461. The Morgan fingerprint density at radius 3 is 2.31 bits per heavy atom. The van der Waals surface area contributed by atoms with Crippen LogP contribution in [0.25, 0.3) is 0 Å². The van der Waals surface area contributed by atoms with Gasteiger partial charge >= 0.3 is 6.03 Å². The number of hydrogen-bond acceptors (Lipinski definition) is 3. The second-order valence-electron chi connectivity index (χ2n) is 9.05. The van der Waals surface area contributed by atoms with Crippen molar-refractivity contribution >= 4 is 29.0 Å². The summed E-state index contributed by atoms with van der Waals surface area (Å²) >= 11 is 0. The van der Waals surface area contributed by atoms with E-state index in [0.717, 1.165) is 29.8 Å². The number of rotatable bonds is 8. The lowest BCUT2D eigenvalue weighted by Gasteiger charge is -2.33. The molecule has 1 atom stereocenters. The number of amides is 3. The molecule has 0 bridgehead atoms. The van der Waals surface area contributed by atoms with Crippen LogP contribution in [0.2, 0.25) is 0 Å². The van der Waals surface area contributed by atoms with Crippen LogP contribution in [0.5, 0.6) is 0 Å². The minimum Gasteiger partial charge on any atom is -0.377 e. The molecule has 1 unspecified atom stereocenters. The number of halogens is 1. The maximum absolute atomic E-state index is 13.6. The second-order valence-corrected chi connectivity index (χ2v) is 9.05. The predicted molar refractivity (Wildman–Crippen MR) is 127 cm³/mol. The van der Waals surface area contributed by atoms with Crippen molar-refractivity contribution in [3.63, 3.8) is 0 Å². The smallest absolute Gasteiger partial charge is 0.322 e. The molecule has 0 heterocycles. The molecule has 2 aromatic rings. The first kappa shape index (κ1) is 23.6. The Bertz CT molecular complexity index is 972. The van der Waals surface area contributed by atoms with Crippen LogP contribution in [-0.2, 0) is 11.3 Å². The fourth-order valence-electron chi connectivity index (χ4n) is 3.52. The van der Waals surface area contributed by atoms with E-state index >= 15 is 0 Å². The van der Waals surface area contributed by atoms with Crippen LogP contribution in [0, 0.1) is 17.7 Å². The van der Waals surface area contributed by atoms with E-state index in [2.05, 4.69) is 24.5 Å². The van der Waals surface area contributed by atoms with Crippen LogP contribution < -0.4 is 15.5 Å². The van der Waals surface area contributed by atoms with Crippen LogP contribution >= 0.6 is 0 Å². The molecule has 7 heteroatoms. The van der Waals surface area contributed by atoms with Crippen molar-refractivity contribution in [3.05, 3.63) is 53.8 Å². The molecule has 1 aliphatic carbocycles. The van der Waals surface area contributed by atoms with Gasteiger partial charge in [0.15, 0.2) is 0 Å². The largest absolute Gasteiger partial charge is 0.377 e. The Balaban J connectivity index is 1.87. The van der Waals surface area contributed by atoms with E-state index in [-0.39, 0.29) is 29.8 Å². The Labute approximate surface area is 189 Å². The van der Waals surface area contributed by atoms with Crippen LogP contribution in [0.1, 0.15) is 39.2 Å². The average molecular weight is 441 g/mol. The standard InChI is InChI=1S/C25H33FN4O2/c1-16(2)17(3)30(25(32)28-21-8-6-7-20(26)14-21)15-19-13-22(11-12-23(19)29(4)5)27-24(31)18-9-10-18/h6-8,11-14,16-18H,9-10,15H2,1-5H3,(H,27,31)(H,28,32). The highest BCUT2D eigenvalue weighted by Crippen LogP contribution is 2.31. The molecule has 0 aliphatic heterocycles. The molecule has 1 fully saturated rings. The maximum atomic E-state index is 13.6. The Kier molecular flexibility index (Phi) is 7.38. The number of carbonyl (C=O) groups is 2. The van der Waals surface area contributed by atoms with Gasteiger partial charge in [0.2, 0.25) is 5.91 Å². The predicted octanol–water partition coefficient (Wildman–Crippen LogP) is 5.32. The number of urea groups is 1. The van der Waals surface area contributed by atoms with E-state index in [4.69, 9.17) is 0 Å². The minimum atomic E-state index is -0.403. The Morgan fingerprint density at radius 2 is 1.72 bits per heavy atom. The van der Waals surface area contributed by atoms with Crippen molar-refractivity contribution < 1.29 is 14.0 Å². The highest BCUT2D eigenvalue weighted by Gasteiger charge is 2.30. The van der Waals surface area contributed by atoms with Gasteiger partial charge in [0.1, 0.15) is 5.82 Å². The third-order valence-electron chi connectivity index (χ3n) is 5.91. The average Bonchev–Trinajstić information content (AvgIpc) is 3.56. The fraction of sp³-hybridized carbons (Fsp3) is 0.440. The third-order valence-corrected chi connectivity index (χ3v) is 5.91. The van der Waals surface area contributed by atoms with Crippen molar-refractivity contribution in [1.29, 1.82) is 0 Å². The number of hydrogen-bond donors (Lipinski definition) is 2. The van der Waals surface area contributed by atoms with Gasteiger partial charge in [-0.1, -0.05) is 19.9 Å². The third kappa shape index (κ3) is 5.99. The molecule has 172 valence electrons. The summed E-state index contributed by atoms with van der Waals surface area (Å²) in [4.78, 5) is 29.2. The van der Waals surface area contributed by atoms with Crippen molar-refractivity contribution in [2.75, 3.05) is 29.6 Å². The number of benzene rings is 2. The lowest BCUT2D eigenvalue weighted by Crippen LogP contribution is -2.43. The molecule has 2 N–H and O–H groups in total. The first-order valence-electron chi connectivity index (χ1n) is 11.1. The van der Waals surface area contributed by atoms with Gasteiger partial charge in [0.25, 0.3) is 0 Å². The van der Waals surface area contributed by atoms with Gasteiger partial charge in [-0.15, -0.1) is 0 Å². The zero-order valence-electron chi connectivity index (χ0n) is 19.5. The van der Waals surface area contributed by atoms with Gasteiger partial charge in [-0.05, 0) is 67.6 Å². The molecule has 2 aromatic carbocycles. The zero-order valence-corrected chi connectivity index (χ0v) is 19.5. The van der Waals surface area contributed by atoms with Gasteiger partial charge in [-0.3, -0.25) is 4.79 Å². The van der Waals surface area contributed by atoms with Crippen molar-refractivity contribution in [2.24, 2.45) is 11.8 Å². The monoisotopic (exact) mass is 440 g/mol. The van der Waals surface area contributed by atoms with E-state index in [1.54, 1.807) is 17.0 Å². The molecule has 3 rings (SSSR count). The molecular weight excluding hydrogens is 407 g/mol. The fourth-order valence-corrected chi connectivity index (χ4v) is 3.52. The van der Waals surface area contributed by atoms with Crippen molar-refractivity contribution in [1.82, 2.24) is 4.90 Å². The molecule has 0 spiro atoms. The van der Waals surface area contributed by atoms with Gasteiger partial charge < -0.3 is 20.4 Å². The summed E-state index contributed by atoms with van der Waals surface area (Å²) < 4.78 is 13.6. The zero-order chi connectivity index (χ0) is 23.4. The summed E-state index contributed by atoms with van der Waals surface area (Å²) in [5.74, 6) is -0.0274. The summed E-state index contributed by atoms with van der Waals surface area (Å²) in [5, 5.41) is 5.81. The molecular formula is C25H33FN4O2. The summed E-state index contributed by atoms with van der Waals surface area (Å²) in [6.45, 7) is 6.48. The molecule has 0 radical (unpaired) electrons. The molecule has 1 aliphatic rings. The summed E-state index contributed by atoms with van der Waals surface area (Å²) in [7, 11) is 3.90. The SMILES string of the molecule is CC(C)C(C)N(Cc1cc(NC(=O)C2CC2)ccc1N(C)C)C(=O)Nc1cccc(F)c1. The van der Waals surface area contributed by atoms with Gasteiger partial charge in [-0.25, -0.2) is 9.18 Å². The molecule has 3 amide bonds. The lowest BCUT2D eigenvalue weighted by molar-refractivity contribution is -0.117. The molecule has 32 heavy (non-hydrogen) atoms. The van der Waals surface area contributed by atoms with E-state index in [9.17, 15) is 14.0 Å². The van der Waals surface area contributed by atoms with Crippen LogP contribution in [-0.4, -0.2) is 37.0 Å². The lowest BCUT2D eigenvalue weighted by atomic mass is 10.0. The van der Waals surface area contributed by atoms with E-state index in [1.165, 1.54) is 12.1 Å². The number of carbonyl (C=O) groups excluding carboxylic acids is 2. The topological polar surface area (TPSA) is 64.7 Å². The van der Waals surface area contributed by atoms with Crippen molar-refractivity contribution in [2.45, 2.75) is 46.2 Å². The second kappa shape index (κ2) is 10.0. The number of nitrogens with one attached hydrogen (secondary N) is 2. The van der Waals surface area contributed by atoms with Gasteiger partial charge in [0, 0.05) is 49.7 Å². The summed E-state index contributed by atoms with van der Waals surface area (Å²) in [6.07, 6.45) is 1.88. The molecule has 6 nitrogen and oxygen atoms in total. The highest BCUT2D eigenvalue weighted by molar-refractivity contribution is 5.94. The van der Waals surface area contributed by atoms with Crippen molar-refractivity contribution in [3.8, 4) is 0 Å². The van der Waals surface area contributed by atoms with E-state index in [0.29, 0.717) is 12.2 Å². The van der Waals surface area contributed by atoms with Crippen LogP contribution in [0.4, 0.5) is 26.2 Å².